The van der Waals surface area contributed by atoms with Crippen LogP contribution in [0.4, 0.5) is 5.69 Å². The topological polar surface area (TPSA) is 126 Å². The quantitative estimate of drug-likeness (QED) is 0.0747. The number of amides is 1. The molecule has 9 nitrogen and oxygen atoms in total. The van der Waals surface area contributed by atoms with Gasteiger partial charge >= 0.3 is 11.9 Å². The first kappa shape index (κ1) is 36.7. The van der Waals surface area contributed by atoms with Gasteiger partial charge in [0.1, 0.15) is 17.1 Å². The highest BCUT2D eigenvalue weighted by Gasteiger charge is 2.46. The maximum Gasteiger partial charge on any atom is 0.308 e. The summed E-state index contributed by atoms with van der Waals surface area (Å²) in [5.41, 5.74) is 10.4. The van der Waals surface area contributed by atoms with Crippen molar-refractivity contribution in [2.45, 2.75) is 117 Å². The minimum atomic E-state index is -0.560. The van der Waals surface area contributed by atoms with Gasteiger partial charge in [0.25, 0.3) is 5.91 Å². The van der Waals surface area contributed by atoms with Crippen LogP contribution in [0.5, 0.6) is 28.7 Å². The molecular weight excluding hydrogens is 632 g/mol. The lowest BCUT2D eigenvalue weighted by Gasteiger charge is -2.30. The number of esters is 2. The van der Waals surface area contributed by atoms with E-state index in [9.17, 15) is 14.4 Å². The first-order valence-electron chi connectivity index (χ1n) is 17.9. The summed E-state index contributed by atoms with van der Waals surface area (Å²) < 4.78 is 24.4. The normalized spacial score (nSPS) is 16.5. The highest BCUT2D eigenvalue weighted by atomic mass is 16.6. The lowest BCUT2D eigenvalue weighted by molar-refractivity contribution is -0.133. The second kappa shape index (κ2) is 14.8. The molecule has 1 fully saturated rings. The molecule has 0 spiro atoms. The fourth-order valence-electron chi connectivity index (χ4n) is 7.03. The van der Waals surface area contributed by atoms with Crippen LogP contribution in [-0.4, -0.2) is 31.0 Å². The molecule has 3 aromatic carbocycles. The van der Waals surface area contributed by atoms with Crippen LogP contribution in [0.15, 0.2) is 42.5 Å². The molecule has 2 unspecified atom stereocenters. The van der Waals surface area contributed by atoms with E-state index in [0.29, 0.717) is 24.5 Å². The van der Waals surface area contributed by atoms with E-state index in [1.165, 1.54) is 25.0 Å². The molecule has 5 rings (SSSR count). The average molecular weight is 685 g/mol. The molecule has 9 heteroatoms. The molecule has 0 aromatic heterocycles. The SMILES string of the molecule is CCC(C)(C)c1ccc(OCCCNC(=O)c2c(Oc3ccc(N)cc3)c(OC(C)=O)c3c(c2OC(C)=O)C2CCC3C2)c(C(C)(C)CC)c1. The van der Waals surface area contributed by atoms with Crippen LogP contribution in [-0.2, 0) is 20.4 Å². The number of hydrogen-bond donors (Lipinski definition) is 2. The molecule has 0 aliphatic heterocycles. The number of carbonyl (C=O) groups excluding carboxylic acids is 3. The number of nitrogens with one attached hydrogen (secondary N) is 1. The second-order valence-corrected chi connectivity index (χ2v) is 14.9. The fraction of sp³-hybridized carbons (Fsp3) is 0.488. The molecule has 268 valence electrons. The van der Waals surface area contributed by atoms with E-state index >= 15 is 0 Å². The number of benzene rings is 3. The van der Waals surface area contributed by atoms with Crippen molar-refractivity contribution >= 4 is 23.5 Å². The van der Waals surface area contributed by atoms with E-state index in [0.717, 1.165) is 49.0 Å². The Kier molecular flexibility index (Phi) is 10.8. The third-order valence-corrected chi connectivity index (χ3v) is 10.6. The van der Waals surface area contributed by atoms with E-state index in [-0.39, 0.29) is 52.0 Å². The van der Waals surface area contributed by atoms with Gasteiger partial charge in [-0.2, -0.15) is 0 Å². The zero-order valence-electron chi connectivity index (χ0n) is 30.8. The highest BCUT2D eigenvalue weighted by Crippen LogP contribution is 2.62. The van der Waals surface area contributed by atoms with Gasteiger partial charge in [0.05, 0.1) is 6.61 Å². The summed E-state index contributed by atoms with van der Waals surface area (Å²) in [5.74, 6) is 0.158. The van der Waals surface area contributed by atoms with Gasteiger partial charge in [-0.1, -0.05) is 53.7 Å². The van der Waals surface area contributed by atoms with Gasteiger partial charge in [-0.25, -0.2) is 0 Å². The molecule has 2 atom stereocenters. The summed E-state index contributed by atoms with van der Waals surface area (Å²) in [6.45, 7) is 16.6. The van der Waals surface area contributed by atoms with Gasteiger partial charge in [0.2, 0.25) is 0 Å². The molecule has 0 heterocycles. The van der Waals surface area contributed by atoms with Crippen molar-refractivity contribution in [3.05, 3.63) is 70.3 Å². The lowest BCUT2D eigenvalue weighted by Crippen LogP contribution is -2.28. The number of fused-ring (bicyclic) bond motifs is 5. The van der Waals surface area contributed by atoms with E-state index in [2.05, 4.69) is 65.1 Å². The smallest absolute Gasteiger partial charge is 0.308 e. The number of anilines is 1. The van der Waals surface area contributed by atoms with Gasteiger partial charge in [0.15, 0.2) is 17.2 Å². The van der Waals surface area contributed by atoms with E-state index < -0.39 is 17.8 Å². The Bertz CT molecular complexity index is 1760. The monoisotopic (exact) mass is 684 g/mol. The third-order valence-electron chi connectivity index (χ3n) is 10.6. The van der Waals surface area contributed by atoms with Gasteiger partial charge < -0.3 is 30.0 Å². The number of ether oxygens (including phenoxy) is 4. The first-order valence-corrected chi connectivity index (χ1v) is 17.9. The standard InChI is InChI=1S/C41H52N2O7/c1-9-40(5,6)28-14-19-32(31(23-28)41(7,8)10-2)47-21-11-20-43-39(46)35-36(48-24(3)44)33-26-12-13-27(22-26)34(33)37(49-25(4)45)38(35)50-30-17-15-29(42)16-18-30/h14-19,23,26-27H,9-13,20-22,42H2,1-8H3,(H,43,46). The Morgan fingerprint density at radius 3 is 2.02 bits per heavy atom. The molecule has 2 aliphatic carbocycles. The Hall–Kier alpha value is -4.53. The Morgan fingerprint density at radius 1 is 0.820 bits per heavy atom. The van der Waals surface area contributed by atoms with E-state index in [4.69, 9.17) is 24.7 Å². The molecule has 0 radical (unpaired) electrons. The van der Waals surface area contributed by atoms with Crippen LogP contribution in [0.3, 0.4) is 0 Å². The zero-order chi connectivity index (χ0) is 36.4. The second-order valence-electron chi connectivity index (χ2n) is 14.9. The molecule has 1 amide bonds. The maximum atomic E-state index is 14.2. The van der Waals surface area contributed by atoms with Crippen LogP contribution >= 0.6 is 0 Å². The fourth-order valence-corrected chi connectivity index (χ4v) is 7.03. The van der Waals surface area contributed by atoms with Crippen LogP contribution in [0.2, 0.25) is 0 Å². The number of rotatable bonds is 14. The average Bonchev–Trinajstić information content (AvgIpc) is 3.69. The first-order chi connectivity index (χ1) is 23.7. The molecule has 3 aromatic rings. The van der Waals surface area contributed by atoms with Crippen molar-refractivity contribution in [1.29, 1.82) is 0 Å². The van der Waals surface area contributed by atoms with Crippen LogP contribution in [0.1, 0.15) is 138 Å². The molecule has 50 heavy (non-hydrogen) atoms. The predicted molar refractivity (Wildman–Crippen MR) is 195 cm³/mol. The van der Waals surface area contributed by atoms with Crippen LogP contribution in [0, 0.1) is 0 Å². The summed E-state index contributed by atoms with van der Waals surface area (Å²) in [6.07, 6.45) is 5.10. The summed E-state index contributed by atoms with van der Waals surface area (Å²) in [6, 6.07) is 13.2. The maximum absolute atomic E-state index is 14.2. The Labute approximate surface area is 296 Å². The summed E-state index contributed by atoms with van der Waals surface area (Å²) in [5, 5.41) is 2.99. The van der Waals surface area contributed by atoms with Crippen LogP contribution < -0.4 is 30.0 Å². The van der Waals surface area contributed by atoms with Gasteiger partial charge in [-0.05, 0) is 97.1 Å². The molecule has 2 aliphatic rings. The largest absolute Gasteiger partial charge is 0.493 e. The third kappa shape index (κ3) is 7.62. The van der Waals surface area contributed by atoms with Gasteiger partial charge in [-0.3, -0.25) is 14.4 Å². The van der Waals surface area contributed by atoms with E-state index in [1.807, 2.05) is 0 Å². The molecule has 3 N–H and O–H groups in total. The summed E-state index contributed by atoms with van der Waals surface area (Å²) in [4.78, 5) is 39.2. The molecule has 0 saturated heterocycles. The number of carbonyl (C=O) groups is 3. The minimum Gasteiger partial charge on any atom is -0.493 e. The molecule has 1 saturated carbocycles. The zero-order valence-corrected chi connectivity index (χ0v) is 30.8. The van der Waals surface area contributed by atoms with Crippen molar-refractivity contribution < 1.29 is 33.3 Å². The lowest BCUT2D eigenvalue weighted by atomic mass is 9.76. The van der Waals surface area contributed by atoms with Crippen LogP contribution in [0.25, 0.3) is 0 Å². The van der Waals surface area contributed by atoms with Crippen molar-refractivity contribution in [3.8, 4) is 28.7 Å². The molecular formula is C41H52N2O7. The van der Waals surface area contributed by atoms with E-state index in [1.54, 1.807) is 24.3 Å². The number of nitrogens with two attached hydrogens (primary N) is 1. The number of hydrogen-bond acceptors (Lipinski definition) is 8. The Balaban J connectivity index is 1.44. The predicted octanol–water partition coefficient (Wildman–Crippen LogP) is 8.85. The summed E-state index contributed by atoms with van der Waals surface area (Å²) >= 11 is 0. The van der Waals surface area contributed by atoms with Crippen molar-refractivity contribution in [3.63, 3.8) is 0 Å². The Morgan fingerprint density at radius 2 is 1.42 bits per heavy atom. The highest BCUT2D eigenvalue weighted by molar-refractivity contribution is 6.03. The van der Waals surface area contributed by atoms with Crippen molar-refractivity contribution in [2.24, 2.45) is 0 Å². The number of nitrogen functional groups attached to an aromatic ring is 1. The summed E-state index contributed by atoms with van der Waals surface area (Å²) in [7, 11) is 0. The molecule has 2 bridgehead atoms. The van der Waals surface area contributed by atoms with Crippen molar-refractivity contribution in [1.82, 2.24) is 5.32 Å². The minimum absolute atomic E-state index is 0.0154. The van der Waals surface area contributed by atoms with Gasteiger partial charge in [0, 0.05) is 42.8 Å². The van der Waals surface area contributed by atoms with Gasteiger partial charge in [-0.15, -0.1) is 0 Å². The van der Waals surface area contributed by atoms with Crippen molar-refractivity contribution in [2.75, 3.05) is 18.9 Å².